The Labute approximate surface area is 172 Å². The number of nitrogens with zero attached hydrogens (tertiary/aromatic N) is 5. The lowest BCUT2D eigenvalue weighted by Crippen LogP contribution is -2.47. The smallest absolute Gasteiger partial charge is 0.270 e. The van der Waals surface area contributed by atoms with Crippen molar-refractivity contribution in [1.82, 2.24) is 20.2 Å². The van der Waals surface area contributed by atoms with Crippen LogP contribution in [-0.4, -0.2) is 81.2 Å². The van der Waals surface area contributed by atoms with Gasteiger partial charge in [0.1, 0.15) is 11.4 Å². The number of piperazine rings is 1. The second-order valence-corrected chi connectivity index (χ2v) is 7.40. The number of likely N-dealkylation sites (N-methyl/N-ethyl adjacent to an activating group) is 1. The zero-order valence-corrected chi connectivity index (χ0v) is 17.7. The van der Waals surface area contributed by atoms with Gasteiger partial charge in [-0.1, -0.05) is 12.1 Å². The molecule has 1 aromatic heterocycles. The van der Waals surface area contributed by atoms with E-state index >= 15 is 0 Å². The third kappa shape index (κ3) is 5.35. The number of hydrogen-bond acceptors (Lipinski definition) is 7. The van der Waals surface area contributed by atoms with Crippen molar-refractivity contribution in [3.05, 3.63) is 41.7 Å². The van der Waals surface area contributed by atoms with Gasteiger partial charge in [-0.25, -0.2) is 9.97 Å². The normalized spacial score (nSPS) is 14.2. The van der Waals surface area contributed by atoms with Gasteiger partial charge in [0.25, 0.3) is 5.91 Å². The van der Waals surface area contributed by atoms with Crippen LogP contribution in [0.5, 0.6) is 5.75 Å². The Morgan fingerprint density at radius 2 is 1.83 bits per heavy atom. The fourth-order valence-electron chi connectivity index (χ4n) is 3.33. The summed E-state index contributed by atoms with van der Waals surface area (Å²) in [4.78, 5) is 28.0. The van der Waals surface area contributed by atoms with Crippen molar-refractivity contribution in [2.75, 3.05) is 70.3 Å². The molecule has 0 unspecified atom stereocenters. The van der Waals surface area contributed by atoms with Crippen LogP contribution in [0.1, 0.15) is 16.2 Å². The van der Waals surface area contributed by atoms with Crippen LogP contribution in [-0.2, 0) is 0 Å². The minimum absolute atomic E-state index is 0.161. The van der Waals surface area contributed by atoms with Crippen LogP contribution in [0.2, 0.25) is 0 Å². The van der Waals surface area contributed by atoms with Gasteiger partial charge in [-0.2, -0.15) is 0 Å². The summed E-state index contributed by atoms with van der Waals surface area (Å²) in [7, 11) is 5.65. The number of nitrogens with one attached hydrogen (secondary N) is 1. The van der Waals surface area contributed by atoms with Crippen LogP contribution >= 0.6 is 0 Å². The Morgan fingerprint density at radius 1 is 1.14 bits per heavy atom. The second kappa shape index (κ2) is 9.56. The van der Waals surface area contributed by atoms with Gasteiger partial charge in [-0.3, -0.25) is 4.79 Å². The summed E-state index contributed by atoms with van der Waals surface area (Å²) in [6, 6.07) is 9.79. The van der Waals surface area contributed by atoms with E-state index in [1.54, 1.807) is 13.2 Å². The van der Waals surface area contributed by atoms with Crippen LogP contribution in [0.25, 0.3) is 0 Å². The standard InChI is InChI=1S/C21H30N6O2/c1-16-15-17(20(28)22-9-10-25(2)3)24-21(23-16)27-13-11-26(12-14-27)18-7-5-6-8-19(18)29-4/h5-8,15H,9-14H2,1-4H3,(H,22,28). The van der Waals surface area contributed by atoms with Crippen molar-refractivity contribution < 1.29 is 9.53 Å². The molecular formula is C21H30N6O2. The maximum atomic E-state index is 12.5. The van der Waals surface area contributed by atoms with Crippen molar-refractivity contribution in [2.45, 2.75) is 6.92 Å². The highest BCUT2D eigenvalue weighted by Gasteiger charge is 2.22. The topological polar surface area (TPSA) is 73.8 Å². The summed E-state index contributed by atoms with van der Waals surface area (Å²) in [6.45, 7) is 6.50. The molecule has 0 saturated carbocycles. The number of ether oxygens (including phenoxy) is 1. The number of hydrogen-bond donors (Lipinski definition) is 1. The number of aromatic nitrogens is 2. The fraction of sp³-hybridized carbons (Fsp3) is 0.476. The number of carbonyl (C=O) groups is 1. The highest BCUT2D eigenvalue weighted by molar-refractivity contribution is 5.92. The van der Waals surface area contributed by atoms with Gasteiger partial charge in [-0.15, -0.1) is 0 Å². The van der Waals surface area contributed by atoms with Gasteiger partial charge in [0.2, 0.25) is 5.95 Å². The molecule has 8 heteroatoms. The predicted octanol–water partition coefficient (Wildman–Crippen LogP) is 1.41. The Bertz CT molecular complexity index is 834. The van der Waals surface area contributed by atoms with E-state index in [4.69, 9.17) is 4.74 Å². The number of amides is 1. The molecular weight excluding hydrogens is 368 g/mol. The Hall–Kier alpha value is -2.87. The van der Waals surface area contributed by atoms with Crippen LogP contribution in [0, 0.1) is 6.92 Å². The summed E-state index contributed by atoms with van der Waals surface area (Å²) in [6.07, 6.45) is 0. The average Bonchev–Trinajstić information content (AvgIpc) is 2.73. The second-order valence-electron chi connectivity index (χ2n) is 7.40. The lowest BCUT2D eigenvalue weighted by Gasteiger charge is -2.36. The SMILES string of the molecule is COc1ccccc1N1CCN(c2nc(C)cc(C(=O)NCCN(C)C)n2)CC1. The van der Waals surface area contributed by atoms with E-state index in [-0.39, 0.29) is 5.91 Å². The quantitative estimate of drug-likeness (QED) is 0.756. The molecule has 2 aromatic rings. The first-order valence-electron chi connectivity index (χ1n) is 9.89. The zero-order valence-electron chi connectivity index (χ0n) is 17.7. The molecule has 1 aromatic carbocycles. The first kappa shape index (κ1) is 20.9. The van der Waals surface area contributed by atoms with Gasteiger partial charge in [0, 0.05) is 45.0 Å². The van der Waals surface area contributed by atoms with E-state index in [1.807, 2.05) is 44.1 Å². The number of para-hydroxylation sites is 2. The summed E-state index contributed by atoms with van der Waals surface area (Å²) in [5, 5.41) is 2.92. The maximum absolute atomic E-state index is 12.5. The molecule has 1 fully saturated rings. The highest BCUT2D eigenvalue weighted by Crippen LogP contribution is 2.28. The first-order valence-corrected chi connectivity index (χ1v) is 9.89. The molecule has 2 heterocycles. The van der Waals surface area contributed by atoms with Crippen molar-refractivity contribution in [3.8, 4) is 5.75 Å². The Morgan fingerprint density at radius 3 is 2.52 bits per heavy atom. The van der Waals surface area contributed by atoms with Crippen LogP contribution in [0.15, 0.2) is 30.3 Å². The molecule has 0 aliphatic carbocycles. The van der Waals surface area contributed by atoms with Crippen molar-refractivity contribution in [2.24, 2.45) is 0 Å². The number of benzene rings is 1. The van der Waals surface area contributed by atoms with E-state index < -0.39 is 0 Å². The molecule has 3 rings (SSSR count). The zero-order chi connectivity index (χ0) is 20.8. The predicted molar refractivity (Wildman–Crippen MR) is 115 cm³/mol. The van der Waals surface area contributed by atoms with E-state index in [9.17, 15) is 4.79 Å². The number of methoxy groups -OCH3 is 1. The third-order valence-electron chi connectivity index (χ3n) is 4.91. The molecule has 1 saturated heterocycles. The van der Waals surface area contributed by atoms with Gasteiger partial charge in [0.15, 0.2) is 0 Å². The van der Waals surface area contributed by atoms with Crippen LogP contribution in [0.4, 0.5) is 11.6 Å². The Balaban J connectivity index is 1.66. The lowest BCUT2D eigenvalue weighted by atomic mass is 10.2. The van der Waals surface area contributed by atoms with E-state index in [0.717, 1.165) is 49.9 Å². The van der Waals surface area contributed by atoms with Crippen molar-refractivity contribution >= 4 is 17.5 Å². The van der Waals surface area contributed by atoms with E-state index in [2.05, 4.69) is 31.2 Å². The number of aryl methyl sites for hydroxylation is 1. The minimum Gasteiger partial charge on any atom is -0.495 e. The van der Waals surface area contributed by atoms with Crippen molar-refractivity contribution in [1.29, 1.82) is 0 Å². The summed E-state index contributed by atoms with van der Waals surface area (Å²) >= 11 is 0. The van der Waals surface area contributed by atoms with Gasteiger partial charge < -0.3 is 24.8 Å². The molecule has 0 atom stereocenters. The summed E-state index contributed by atoms with van der Waals surface area (Å²) in [5.74, 6) is 1.33. The molecule has 0 radical (unpaired) electrons. The van der Waals surface area contributed by atoms with E-state index in [0.29, 0.717) is 18.2 Å². The number of rotatable bonds is 7. The first-order chi connectivity index (χ1) is 14.0. The van der Waals surface area contributed by atoms with Gasteiger partial charge >= 0.3 is 0 Å². The third-order valence-corrected chi connectivity index (χ3v) is 4.91. The Kier molecular flexibility index (Phi) is 6.87. The van der Waals surface area contributed by atoms with Crippen LogP contribution < -0.4 is 19.9 Å². The van der Waals surface area contributed by atoms with Crippen LogP contribution in [0.3, 0.4) is 0 Å². The minimum atomic E-state index is -0.161. The average molecular weight is 399 g/mol. The maximum Gasteiger partial charge on any atom is 0.270 e. The fourth-order valence-corrected chi connectivity index (χ4v) is 3.33. The van der Waals surface area contributed by atoms with Gasteiger partial charge in [0.05, 0.1) is 12.8 Å². The van der Waals surface area contributed by atoms with E-state index in [1.165, 1.54) is 0 Å². The van der Waals surface area contributed by atoms with Gasteiger partial charge in [-0.05, 0) is 39.2 Å². The molecule has 1 N–H and O–H groups in total. The molecule has 8 nitrogen and oxygen atoms in total. The molecule has 29 heavy (non-hydrogen) atoms. The molecule has 1 aliphatic heterocycles. The molecule has 0 spiro atoms. The molecule has 0 bridgehead atoms. The number of anilines is 2. The molecule has 1 aliphatic rings. The molecule has 1 amide bonds. The van der Waals surface area contributed by atoms with Crippen molar-refractivity contribution in [3.63, 3.8) is 0 Å². The highest BCUT2D eigenvalue weighted by atomic mass is 16.5. The largest absolute Gasteiger partial charge is 0.495 e. The number of carbonyl (C=O) groups excluding carboxylic acids is 1. The summed E-state index contributed by atoms with van der Waals surface area (Å²) in [5.41, 5.74) is 2.30. The monoisotopic (exact) mass is 398 g/mol. The summed E-state index contributed by atoms with van der Waals surface area (Å²) < 4.78 is 5.49. The lowest BCUT2D eigenvalue weighted by molar-refractivity contribution is 0.0946. The molecule has 156 valence electrons.